The van der Waals surface area contributed by atoms with E-state index >= 15 is 0 Å². The molecule has 2 heterocycles. The number of hydrogen-bond donors (Lipinski definition) is 1. The molecule has 1 aromatic rings. The Morgan fingerprint density at radius 1 is 1.80 bits per heavy atom. The van der Waals surface area contributed by atoms with E-state index in [1.807, 2.05) is 0 Å². The Kier molecular flexibility index (Phi) is 3.30. The molecule has 0 aromatic carbocycles. The Morgan fingerprint density at radius 2 is 2.67 bits per heavy atom. The van der Waals surface area contributed by atoms with Crippen LogP contribution in [-0.2, 0) is 4.74 Å². The molecule has 1 N–H and O–H groups in total. The van der Waals surface area contributed by atoms with Gasteiger partial charge in [-0.3, -0.25) is 9.78 Å². The van der Waals surface area contributed by atoms with Crippen LogP contribution in [-0.4, -0.2) is 53.3 Å². The van der Waals surface area contributed by atoms with Crippen molar-refractivity contribution in [3.8, 4) is 0 Å². The zero-order valence-corrected chi connectivity index (χ0v) is 8.94. The molecule has 1 amide bonds. The van der Waals surface area contributed by atoms with Gasteiger partial charge in [0.15, 0.2) is 0 Å². The minimum Gasteiger partial charge on any atom is -0.394 e. The van der Waals surface area contributed by atoms with E-state index in [2.05, 4.69) is 4.98 Å². The third-order valence-electron chi connectivity index (χ3n) is 2.34. The van der Waals surface area contributed by atoms with E-state index in [9.17, 15) is 4.79 Å². The summed E-state index contributed by atoms with van der Waals surface area (Å²) in [6.45, 7) is 1.40. The van der Waals surface area contributed by atoms with Crippen molar-refractivity contribution >= 4 is 17.2 Å². The molecule has 1 aliphatic heterocycles. The van der Waals surface area contributed by atoms with Crippen LogP contribution in [0.4, 0.5) is 0 Å². The molecule has 1 atom stereocenters. The summed E-state index contributed by atoms with van der Waals surface area (Å²) in [4.78, 5) is 18.1. The second kappa shape index (κ2) is 4.69. The van der Waals surface area contributed by atoms with Gasteiger partial charge >= 0.3 is 0 Å². The van der Waals surface area contributed by atoms with Crippen LogP contribution in [0.5, 0.6) is 0 Å². The number of morpholine rings is 1. The molecule has 1 saturated heterocycles. The molecule has 2 rings (SSSR count). The first-order chi connectivity index (χ1) is 7.33. The average Bonchev–Trinajstić information content (AvgIpc) is 2.81. The number of aromatic nitrogens is 1. The number of carbonyl (C=O) groups is 1. The average molecular weight is 228 g/mol. The van der Waals surface area contributed by atoms with Gasteiger partial charge in [0.1, 0.15) is 4.88 Å². The normalized spacial score (nSPS) is 21.7. The van der Waals surface area contributed by atoms with Crippen molar-refractivity contribution < 1.29 is 14.6 Å². The minimum atomic E-state index is -0.228. The third kappa shape index (κ3) is 2.17. The molecule has 6 heteroatoms. The highest BCUT2D eigenvalue weighted by atomic mass is 32.1. The predicted molar refractivity (Wildman–Crippen MR) is 54.8 cm³/mol. The van der Waals surface area contributed by atoms with E-state index in [1.54, 1.807) is 16.6 Å². The number of nitrogens with zero attached hydrogens (tertiary/aromatic N) is 2. The maximum absolute atomic E-state index is 12.0. The second-order valence-electron chi connectivity index (χ2n) is 3.28. The van der Waals surface area contributed by atoms with Crippen LogP contribution >= 0.6 is 11.3 Å². The maximum atomic E-state index is 12.0. The van der Waals surface area contributed by atoms with Crippen molar-refractivity contribution in [2.45, 2.75) is 6.04 Å². The van der Waals surface area contributed by atoms with Crippen LogP contribution in [0.2, 0.25) is 0 Å². The molecule has 0 saturated carbocycles. The van der Waals surface area contributed by atoms with E-state index < -0.39 is 0 Å². The first-order valence-electron chi connectivity index (χ1n) is 4.71. The Bertz CT molecular complexity index is 328. The quantitative estimate of drug-likeness (QED) is 0.772. The maximum Gasteiger partial charge on any atom is 0.266 e. The molecule has 5 nitrogen and oxygen atoms in total. The van der Waals surface area contributed by atoms with Gasteiger partial charge < -0.3 is 14.7 Å². The highest BCUT2D eigenvalue weighted by molar-refractivity contribution is 7.11. The van der Waals surface area contributed by atoms with Gasteiger partial charge in [-0.15, -0.1) is 11.3 Å². The number of hydrogen-bond acceptors (Lipinski definition) is 5. The van der Waals surface area contributed by atoms with E-state index in [-0.39, 0.29) is 18.6 Å². The van der Waals surface area contributed by atoms with Gasteiger partial charge in [-0.05, 0) is 0 Å². The van der Waals surface area contributed by atoms with Crippen LogP contribution in [0, 0.1) is 0 Å². The van der Waals surface area contributed by atoms with Crippen LogP contribution < -0.4 is 0 Å². The first-order valence-corrected chi connectivity index (χ1v) is 5.59. The van der Waals surface area contributed by atoms with Crippen molar-refractivity contribution in [2.75, 3.05) is 26.4 Å². The topological polar surface area (TPSA) is 62.7 Å². The lowest BCUT2D eigenvalue weighted by molar-refractivity contribution is -0.0181. The molecule has 15 heavy (non-hydrogen) atoms. The van der Waals surface area contributed by atoms with Gasteiger partial charge in [-0.2, -0.15) is 0 Å². The highest BCUT2D eigenvalue weighted by Gasteiger charge is 2.28. The summed E-state index contributed by atoms with van der Waals surface area (Å²) in [6.07, 6.45) is 1.55. The number of ether oxygens (including phenoxy) is 1. The summed E-state index contributed by atoms with van der Waals surface area (Å²) in [5.41, 5.74) is 1.63. The first kappa shape index (κ1) is 10.5. The Morgan fingerprint density at radius 3 is 3.33 bits per heavy atom. The van der Waals surface area contributed by atoms with Crippen LogP contribution in [0.3, 0.4) is 0 Å². The zero-order valence-electron chi connectivity index (χ0n) is 8.13. The molecule has 1 fully saturated rings. The molecular formula is C9H12N2O3S. The lowest BCUT2D eigenvalue weighted by Crippen LogP contribution is -2.50. The SMILES string of the molecule is O=C(c1cncs1)N1CCOCC1CO. The molecule has 0 bridgehead atoms. The number of amides is 1. The van der Waals surface area contributed by atoms with Crippen molar-refractivity contribution in [1.29, 1.82) is 0 Å². The fourth-order valence-corrected chi connectivity index (χ4v) is 2.11. The number of aliphatic hydroxyl groups is 1. The van der Waals surface area contributed by atoms with Crippen LogP contribution in [0.25, 0.3) is 0 Å². The largest absolute Gasteiger partial charge is 0.394 e. The lowest BCUT2D eigenvalue weighted by atomic mass is 10.2. The van der Waals surface area contributed by atoms with Gasteiger partial charge in [-0.25, -0.2) is 0 Å². The standard InChI is InChI=1S/C9H12N2O3S/c12-4-7-5-14-2-1-11(7)9(13)8-3-10-6-15-8/h3,6-7,12H,1-2,4-5H2. The summed E-state index contributed by atoms with van der Waals surface area (Å²) >= 11 is 1.31. The van der Waals surface area contributed by atoms with Crippen molar-refractivity contribution in [3.05, 3.63) is 16.6 Å². The van der Waals surface area contributed by atoms with Crippen molar-refractivity contribution in [1.82, 2.24) is 9.88 Å². The molecule has 1 aromatic heterocycles. The van der Waals surface area contributed by atoms with Crippen LogP contribution in [0.1, 0.15) is 9.67 Å². The summed E-state index contributed by atoms with van der Waals surface area (Å²) < 4.78 is 5.20. The summed E-state index contributed by atoms with van der Waals surface area (Å²) in [5.74, 6) is -0.0696. The monoisotopic (exact) mass is 228 g/mol. The summed E-state index contributed by atoms with van der Waals surface area (Å²) in [6, 6.07) is -0.228. The van der Waals surface area contributed by atoms with Gasteiger partial charge in [0, 0.05) is 6.54 Å². The van der Waals surface area contributed by atoms with Gasteiger partial charge in [0.2, 0.25) is 0 Å². The molecule has 82 valence electrons. The number of rotatable bonds is 2. The molecule has 1 aliphatic rings. The van der Waals surface area contributed by atoms with Gasteiger partial charge in [0.05, 0.1) is 37.6 Å². The van der Waals surface area contributed by atoms with Crippen molar-refractivity contribution in [2.24, 2.45) is 0 Å². The lowest BCUT2D eigenvalue weighted by Gasteiger charge is -2.34. The second-order valence-corrected chi connectivity index (χ2v) is 4.16. The van der Waals surface area contributed by atoms with Gasteiger partial charge in [-0.1, -0.05) is 0 Å². The Labute approximate surface area is 91.3 Å². The van der Waals surface area contributed by atoms with E-state index in [0.717, 1.165) is 0 Å². The van der Waals surface area contributed by atoms with E-state index in [0.29, 0.717) is 24.6 Å². The summed E-state index contributed by atoms with van der Waals surface area (Å²) in [7, 11) is 0. The molecule has 0 radical (unpaired) electrons. The minimum absolute atomic E-state index is 0.0649. The van der Waals surface area contributed by atoms with Crippen LogP contribution in [0.15, 0.2) is 11.7 Å². The van der Waals surface area contributed by atoms with Crippen molar-refractivity contribution in [3.63, 3.8) is 0 Å². The highest BCUT2D eigenvalue weighted by Crippen LogP contribution is 2.14. The zero-order chi connectivity index (χ0) is 10.7. The third-order valence-corrected chi connectivity index (χ3v) is 3.10. The smallest absolute Gasteiger partial charge is 0.266 e. The predicted octanol–water partition coefficient (Wildman–Crippen LogP) is -0.0236. The Hall–Kier alpha value is -0.980. The van der Waals surface area contributed by atoms with Gasteiger partial charge in [0.25, 0.3) is 5.91 Å². The number of aliphatic hydroxyl groups excluding tert-OH is 1. The summed E-state index contributed by atoms with van der Waals surface area (Å²) in [5, 5.41) is 9.12. The van der Waals surface area contributed by atoms with E-state index in [1.165, 1.54) is 11.3 Å². The molecule has 1 unspecified atom stereocenters. The number of carbonyl (C=O) groups excluding carboxylic acids is 1. The fraction of sp³-hybridized carbons (Fsp3) is 0.556. The van der Waals surface area contributed by atoms with E-state index in [4.69, 9.17) is 9.84 Å². The molecule has 0 aliphatic carbocycles. The Balaban J connectivity index is 2.11. The number of thiazole rings is 1. The molecular weight excluding hydrogens is 216 g/mol. The molecule has 0 spiro atoms. The fourth-order valence-electron chi connectivity index (χ4n) is 1.54.